The Labute approximate surface area is 271 Å². The van der Waals surface area contributed by atoms with Crippen molar-refractivity contribution in [3.05, 3.63) is 115 Å². The van der Waals surface area contributed by atoms with E-state index in [1.54, 1.807) is 61.7 Å². The van der Waals surface area contributed by atoms with Gasteiger partial charge in [0.15, 0.2) is 0 Å². The molecule has 0 heterocycles. The van der Waals surface area contributed by atoms with E-state index in [0.717, 1.165) is 16.3 Å². The van der Waals surface area contributed by atoms with Crippen molar-refractivity contribution in [1.29, 1.82) is 0 Å². The maximum atomic E-state index is 14.3. The van der Waals surface area contributed by atoms with E-state index < -0.39 is 28.5 Å². The van der Waals surface area contributed by atoms with Crippen molar-refractivity contribution in [3.63, 3.8) is 0 Å². The highest BCUT2D eigenvalue weighted by Gasteiger charge is 2.34. The standard InChI is InChI=1S/C36H41N3O6S/c1-5-27(3)37-36(41)34(6-2)38(25-28-14-13-17-32(24-28)44-4)35(40)26-39(46(42,43)33-18-11-8-12-19-33)29-20-22-31(23-21-29)45-30-15-9-7-10-16-30/h7-24,27,34H,5-6,25-26H2,1-4H3,(H,37,41)/t27-,34-/m0/s1. The number of para-hydroxylation sites is 1. The zero-order valence-corrected chi connectivity index (χ0v) is 27.4. The minimum absolute atomic E-state index is 0.0355. The molecule has 4 rings (SSSR count). The van der Waals surface area contributed by atoms with Crippen molar-refractivity contribution in [2.75, 3.05) is 18.0 Å². The fraction of sp³-hybridized carbons (Fsp3) is 0.278. The van der Waals surface area contributed by atoms with Crippen LogP contribution in [0.5, 0.6) is 17.2 Å². The molecule has 0 saturated heterocycles. The van der Waals surface area contributed by atoms with Crippen LogP contribution >= 0.6 is 0 Å². The Kier molecular flexibility index (Phi) is 11.8. The van der Waals surface area contributed by atoms with E-state index in [2.05, 4.69) is 5.32 Å². The summed E-state index contributed by atoms with van der Waals surface area (Å²) in [5.41, 5.74) is 1.01. The molecule has 0 spiro atoms. The molecule has 46 heavy (non-hydrogen) atoms. The highest BCUT2D eigenvalue weighted by atomic mass is 32.2. The number of ether oxygens (including phenoxy) is 2. The average Bonchev–Trinajstić information content (AvgIpc) is 3.08. The van der Waals surface area contributed by atoms with Crippen LogP contribution < -0.4 is 19.1 Å². The van der Waals surface area contributed by atoms with Crippen molar-refractivity contribution in [1.82, 2.24) is 10.2 Å². The summed E-state index contributed by atoms with van der Waals surface area (Å²) in [6.07, 6.45) is 1.05. The molecule has 10 heteroatoms. The predicted molar refractivity (Wildman–Crippen MR) is 179 cm³/mol. The van der Waals surface area contributed by atoms with E-state index in [1.807, 2.05) is 63.2 Å². The number of carbonyl (C=O) groups is 2. The smallest absolute Gasteiger partial charge is 0.264 e. The third kappa shape index (κ3) is 8.66. The van der Waals surface area contributed by atoms with Crippen molar-refractivity contribution < 1.29 is 27.5 Å². The normalized spacial score (nSPS) is 12.4. The maximum absolute atomic E-state index is 14.3. The van der Waals surface area contributed by atoms with Gasteiger partial charge < -0.3 is 19.7 Å². The van der Waals surface area contributed by atoms with Crippen LogP contribution in [0.1, 0.15) is 39.2 Å². The highest BCUT2D eigenvalue weighted by Crippen LogP contribution is 2.29. The van der Waals surface area contributed by atoms with E-state index in [0.29, 0.717) is 23.7 Å². The lowest BCUT2D eigenvalue weighted by Crippen LogP contribution is -2.53. The van der Waals surface area contributed by atoms with Gasteiger partial charge in [-0.1, -0.05) is 62.4 Å². The highest BCUT2D eigenvalue weighted by molar-refractivity contribution is 7.92. The molecule has 0 fully saturated rings. The van der Waals surface area contributed by atoms with Crippen LogP contribution in [0.3, 0.4) is 0 Å². The Balaban J connectivity index is 1.72. The summed E-state index contributed by atoms with van der Waals surface area (Å²) in [6, 6.07) is 30.0. The van der Waals surface area contributed by atoms with Crippen molar-refractivity contribution >= 4 is 27.5 Å². The predicted octanol–water partition coefficient (Wildman–Crippen LogP) is 6.40. The molecule has 2 atom stereocenters. The number of hydrogen-bond acceptors (Lipinski definition) is 6. The molecule has 2 amide bonds. The average molecular weight is 644 g/mol. The number of sulfonamides is 1. The first-order valence-corrected chi connectivity index (χ1v) is 16.7. The molecule has 0 unspecified atom stereocenters. The van der Waals surface area contributed by atoms with Crippen molar-refractivity contribution in [2.45, 2.75) is 57.1 Å². The van der Waals surface area contributed by atoms with Gasteiger partial charge in [0.25, 0.3) is 10.0 Å². The monoisotopic (exact) mass is 643 g/mol. The largest absolute Gasteiger partial charge is 0.497 e. The van der Waals surface area contributed by atoms with Crippen LogP contribution in [0.25, 0.3) is 0 Å². The van der Waals surface area contributed by atoms with Gasteiger partial charge in [-0.3, -0.25) is 13.9 Å². The lowest BCUT2D eigenvalue weighted by Gasteiger charge is -2.33. The summed E-state index contributed by atoms with van der Waals surface area (Å²) in [5, 5.41) is 2.99. The van der Waals surface area contributed by atoms with Gasteiger partial charge >= 0.3 is 0 Å². The van der Waals surface area contributed by atoms with E-state index in [4.69, 9.17) is 9.47 Å². The van der Waals surface area contributed by atoms with Gasteiger partial charge in [-0.05, 0) is 86.0 Å². The molecule has 0 aromatic heterocycles. The Bertz CT molecular complexity index is 1680. The second kappa shape index (κ2) is 15.9. The number of benzene rings is 4. The summed E-state index contributed by atoms with van der Waals surface area (Å²) in [5.74, 6) is 0.915. The molecule has 0 aliphatic heterocycles. The Morgan fingerprint density at radius 2 is 1.39 bits per heavy atom. The lowest BCUT2D eigenvalue weighted by molar-refractivity contribution is -0.140. The second-order valence-corrected chi connectivity index (χ2v) is 12.7. The molecular weight excluding hydrogens is 602 g/mol. The van der Waals surface area contributed by atoms with Crippen LogP contribution in [0.15, 0.2) is 114 Å². The minimum Gasteiger partial charge on any atom is -0.497 e. The van der Waals surface area contributed by atoms with Crippen LogP contribution in [0, 0.1) is 0 Å². The number of nitrogens with zero attached hydrogens (tertiary/aromatic N) is 2. The number of rotatable bonds is 15. The van der Waals surface area contributed by atoms with E-state index >= 15 is 0 Å². The van der Waals surface area contributed by atoms with E-state index in [9.17, 15) is 18.0 Å². The summed E-state index contributed by atoms with van der Waals surface area (Å²) in [4.78, 5) is 29.3. The van der Waals surface area contributed by atoms with Gasteiger partial charge in [-0.2, -0.15) is 0 Å². The fourth-order valence-electron chi connectivity index (χ4n) is 4.88. The topological polar surface area (TPSA) is 105 Å². The minimum atomic E-state index is -4.19. The van der Waals surface area contributed by atoms with Crippen LogP contribution in [-0.4, -0.2) is 50.9 Å². The molecule has 1 N–H and O–H groups in total. The van der Waals surface area contributed by atoms with E-state index in [-0.39, 0.29) is 29.1 Å². The van der Waals surface area contributed by atoms with Gasteiger partial charge in [0, 0.05) is 12.6 Å². The van der Waals surface area contributed by atoms with Crippen LogP contribution in [0.2, 0.25) is 0 Å². The molecule has 4 aromatic rings. The first-order valence-electron chi connectivity index (χ1n) is 15.3. The fourth-order valence-corrected chi connectivity index (χ4v) is 6.32. The number of amides is 2. The first-order chi connectivity index (χ1) is 22.2. The molecule has 0 aliphatic rings. The molecule has 0 radical (unpaired) electrons. The molecule has 242 valence electrons. The van der Waals surface area contributed by atoms with Crippen LogP contribution in [0.4, 0.5) is 5.69 Å². The molecule has 0 aliphatic carbocycles. The Morgan fingerprint density at radius 1 is 0.783 bits per heavy atom. The Hall–Kier alpha value is -4.83. The first kappa shape index (κ1) is 34.1. The SMILES string of the molecule is CC[C@H](C)NC(=O)[C@H](CC)N(Cc1cccc(OC)c1)C(=O)CN(c1ccc(Oc2ccccc2)cc1)S(=O)(=O)c1ccccc1. The number of methoxy groups -OCH3 is 1. The van der Waals surface area contributed by atoms with Crippen molar-refractivity contribution in [3.8, 4) is 17.2 Å². The number of nitrogens with one attached hydrogen (secondary N) is 1. The second-order valence-electron chi connectivity index (χ2n) is 10.8. The maximum Gasteiger partial charge on any atom is 0.264 e. The molecule has 4 aromatic carbocycles. The zero-order valence-electron chi connectivity index (χ0n) is 26.6. The van der Waals surface area contributed by atoms with Gasteiger partial charge in [0.2, 0.25) is 11.8 Å². The summed E-state index contributed by atoms with van der Waals surface area (Å²) in [7, 11) is -2.63. The quantitative estimate of drug-likeness (QED) is 0.161. The number of carbonyl (C=O) groups excluding carboxylic acids is 2. The van der Waals surface area contributed by atoms with Gasteiger partial charge in [-0.15, -0.1) is 0 Å². The lowest BCUT2D eigenvalue weighted by atomic mass is 10.1. The third-order valence-electron chi connectivity index (χ3n) is 7.59. The van der Waals surface area contributed by atoms with Crippen molar-refractivity contribution in [2.24, 2.45) is 0 Å². The van der Waals surface area contributed by atoms with Gasteiger partial charge in [-0.25, -0.2) is 8.42 Å². The zero-order chi connectivity index (χ0) is 33.1. The van der Waals surface area contributed by atoms with E-state index in [1.165, 1.54) is 17.0 Å². The third-order valence-corrected chi connectivity index (χ3v) is 9.38. The molecular formula is C36H41N3O6S. The van der Waals surface area contributed by atoms with Gasteiger partial charge in [0.1, 0.15) is 29.8 Å². The Morgan fingerprint density at radius 3 is 2.00 bits per heavy atom. The summed E-state index contributed by atoms with van der Waals surface area (Å²) in [6.45, 7) is 5.24. The van der Waals surface area contributed by atoms with Crippen LogP contribution in [-0.2, 0) is 26.2 Å². The molecule has 0 saturated carbocycles. The number of anilines is 1. The summed E-state index contributed by atoms with van der Waals surface area (Å²) < 4.78 is 40.6. The van der Waals surface area contributed by atoms with Gasteiger partial charge in [0.05, 0.1) is 17.7 Å². The summed E-state index contributed by atoms with van der Waals surface area (Å²) >= 11 is 0. The molecule has 0 bridgehead atoms. The molecule has 9 nitrogen and oxygen atoms in total. The number of hydrogen-bond donors (Lipinski definition) is 1.